The molecule has 0 atom stereocenters. The zero-order chi connectivity index (χ0) is 15.1. The van der Waals surface area contributed by atoms with Crippen molar-refractivity contribution in [1.29, 1.82) is 0 Å². The minimum atomic E-state index is -0.885. The van der Waals surface area contributed by atoms with E-state index in [-0.39, 0.29) is 4.47 Å². The molecule has 3 nitrogen and oxygen atoms in total. The Hall–Kier alpha value is -1.95. The van der Waals surface area contributed by atoms with Crippen LogP contribution in [0.15, 0.2) is 34.8 Å². The molecule has 1 aliphatic heterocycles. The first-order valence-electron chi connectivity index (χ1n) is 6.32. The van der Waals surface area contributed by atoms with Crippen molar-refractivity contribution in [3.05, 3.63) is 57.6 Å². The van der Waals surface area contributed by atoms with Crippen LogP contribution in [0, 0.1) is 11.6 Å². The average Bonchev–Trinajstić information content (AvgIpc) is 2.80. The lowest BCUT2D eigenvalue weighted by Crippen LogP contribution is -2.30. The zero-order valence-corrected chi connectivity index (χ0v) is 12.5. The summed E-state index contributed by atoms with van der Waals surface area (Å²) in [7, 11) is 0. The highest BCUT2D eigenvalue weighted by Gasteiger charge is 2.29. The third-order valence-corrected chi connectivity index (χ3v) is 3.93. The van der Waals surface area contributed by atoms with E-state index in [2.05, 4.69) is 15.9 Å². The maximum Gasteiger partial charge on any atom is 0.264 e. The Kier molecular flexibility index (Phi) is 3.41. The SMILES string of the molecule is Nc1ccc2c(c1)N(C(=O)c1c(F)cc(Br)cc1F)CC2. The molecule has 0 aromatic heterocycles. The molecule has 108 valence electrons. The molecule has 0 saturated carbocycles. The summed E-state index contributed by atoms with van der Waals surface area (Å²) < 4.78 is 28.1. The van der Waals surface area contributed by atoms with Gasteiger partial charge in [0.25, 0.3) is 5.91 Å². The molecule has 2 aromatic rings. The first kappa shape index (κ1) is 14.0. The van der Waals surface area contributed by atoms with Crippen LogP contribution < -0.4 is 10.6 Å². The van der Waals surface area contributed by atoms with E-state index >= 15 is 0 Å². The zero-order valence-electron chi connectivity index (χ0n) is 10.9. The van der Waals surface area contributed by atoms with Crippen molar-refractivity contribution in [3.63, 3.8) is 0 Å². The third kappa shape index (κ3) is 2.40. The lowest BCUT2D eigenvalue weighted by molar-refractivity contribution is 0.0981. The number of nitrogen functional groups attached to an aromatic ring is 1. The lowest BCUT2D eigenvalue weighted by atomic mass is 10.1. The van der Waals surface area contributed by atoms with E-state index in [9.17, 15) is 13.6 Å². The lowest BCUT2D eigenvalue weighted by Gasteiger charge is -2.18. The Morgan fingerprint density at radius 2 is 1.86 bits per heavy atom. The van der Waals surface area contributed by atoms with E-state index in [1.807, 2.05) is 6.07 Å². The van der Waals surface area contributed by atoms with Crippen molar-refractivity contribution in [1.82, 2.24) is 0 Å². The van der Waals surface area contributed by atoms with Crippen LogP contribution in [0.1, 0.15) is 15.9 Å². The largest absolute Gasteiger partial charge is 0.399 e. The van der Waals surface area contributed by atoms with Gasteiger partial charge in [-0.3, -0.25) is 4.79 Å². The number of carbonyl (C=O) groups is 1. The van der Waals surface area contributed by atoms with E-state index in [0.717, 1.165) is 17.7 Å². The molecule has 3 rings (SSSR count). The summed E-state index contributed by atoms with van der Waals surface area (Å²) in [5, 5.41) is 0. The van der Waals surface area contributed by atoms with E-state index < -0.39 is 23.1 Å². The number of carbonyl (C=O) groups excluding carboxylic acids is 1. The third-order valence-electron chi connectivity index (χ3n) is 3.47. The van der Waals surface area contributed by atoms with Crippen LogP contribution in [0.2, 0.25) is 0 Å². The Morgan fingerprint density at radius 3 is 2.52 bits per heavy atom. The van der Waals surface area contributed by atoms with Gasteiger partial charge in [0.2, 0.25) is 0 Å². The first-order chi connectivity index (χ1) is 9.97. The van der Waals surface area contributed by atoms with Crippen molar-refractivity contribution in [3.8, 4) is 0 Å². The summed E-state index contributed by atoms with van der Waals surface area (Å²) in [5.41, 5.74) is 7.23. The summed E-state index contributed by atoms with van der Waals surface area (Å²) in [6, 6.07) is 7.37. The Labute approximate surface area is 128 Å². The molecule has 2 N–H and O–H groups in total. The fourth-order valence-corrected chi connectivity index (χ4v) is 2.89. The van der Waals surface area contributed by atoms with Crippen molar-refractivity contribution in [2.75, 3.05) is 17.2 Å². The van der Waals surface area contributed by atoms with Crippen LogP contribution in [-0.2, 0) is 6.42 Å². The van der Waals surface area contributed by atoms with Gasteiger partial charge in [-0.2, -0.15) is 0 Å². The van der Waals surface area contributed by atoms with Gasteiger partial charge in [0.15, 0.2) is 0 Å². The monoisotopic (exact) mass is 352 g/mol. The number of anilines is 2. The van der Waals surface area contributed by atoms with Gasteiger partial charge in [-0.05, 0) is 36.2 Å². The number of rotatable bonds is 1. The normalized spacial score (nSPS) is 13.4. The molecule has 0 saturated heterocycles. The van der Waals surface area contributed by atoms with Gasteiger partial charge < -0.3 is 10.6 Å². The topological polar surface area (TPSA) is 46.3 Å². The number of hydrogen-bond donors (Lipinski definition) is 1. The summed E-state index contributed by atoms with van der Waals surface area (Å²) in [4.78, 5) is 13.8. The highest BCUT2D eigenvalue weighted by Crippen LogP contribution is 2.32. The summed E-state index contributed by atoms with van der Waals surface area (Å²) >= 11 is 2.99. The van der Waals surface area contributed by atoms with Crippen LogP contribution in [-0.4, -0.2) is 12.5 Å². The predicted octanol–water partition coefficient (Wildman–Crippen LogP) is 3.51. The number of fused-ring (bicyclic) bond motifs is 1. The maximum atomic E-state index is 13.9. The number of nitrogens with two attached hydrogens (primary N) is 1. The second-order valence-corrected chi connectivity index (χ2v) is 5.76. The van der Waals surface area contributed by atoms with Gasteiger partial charge in [0.05, 0.1) is 0 Å². The van der Waals surface area contributed by atoms with Crippen molar-refractivity contribution in [2.24, 2.45) is 0 Å². The van der Waals surface area contributed by atoms with Gasteiger partial charge in [0, 0.05) is 22.4 Å². The number of halogens is 3. The van der Waals surface area contributed by atoms with Gasteiger partial charge in [-0.25, -0.2) is 8.78 Å². The fraction of sp³-hybridized carbons (Fsp3) is 0.133. The highest BCUT2D eigenvalue weighted by atomic mass is 79.9. The highest BCUT2D eigenvalue weighted by molar-refractivity contribution is 9.10. The van der Waals surface area contributed by atoms with Crippen LogP contribution >= 0.6 is 15.9 Å². The number of amides is 1. The molecule has 2 aromatic carbocycles. The predicted molar refractivity (Wildman–Crippen MR) is 80.3 cm³/mol. The molecule has 0 aliphatic carbocycles. The summed E-state index contributed by atoms with van der Waals surface area (Å²) in [6.45, 7) is 0.382. The Bertz CT molecular complexity index is 725. The van der Waals surface area contributed by atoms with Gasteiger partial charge in [0.1, 0.15) is 17.2 Å². The average molecular weight is 353 g/mol. The van der Waals surface area contributed by atoms with Crippen LogP contribution in [0.4, 0.5) is 20.2 Å². The van der Waals surface area contributed by atoms with Crippen molar-refractivity contribution >= 4 is 33.2 Å². The van der Waals surface area contributed by atoms with Crippen LogP contribution in [0.5, 0.6) is 0 Å². The molecule has 0 unspecified atom stereocenters. The number of hydrogen-bond acceptors (Lipinski definition) is 2. The minimum Gasteiger partial charge on any atom is -0.399 e. The first-order valence-corrected chi connectivity index (χ1v) is 7.11. The van der Waals surface area contributed by atoms with E-state index in [4.69, 9.17) is 5.73 Å². The molecular weight excluding hydrogens is 342 g/mol. The van der Waals surface area contributed by atoms with E-state index in [1.165, 1.54) is 4.90 Å². The standard InChI is InChI=1S/C15H11BrF2N2O/c16-9-5-11(17)14(12(18)6-9)15(21)20-4-3-8-1-2-10(19)7-13(8)20/h1-2,5-7H,3-4,19H2. The molecular formula is C15H11BrF2N2O. The minimum absolute atomic E-state index is 0.250. The molecule has 6 heteroatoms. The Balaban J connectivity index is 2.04. The Morgan fingerprint density at radius 1 is 1.19 bits per heavy atom. The summed E-state index contributed by atoms with van der Waals surface area (Å²) in [5.74, 6) is -2.46. The molecule has 1 heterocycles. The molecule has 0 fully saturated rings. The summed E-state index contributed by atoms with van der Waals surface area (Å²) in [6.07, 6.45) is 0.640. The molecule has 1 amide bonds. The van der Waals surface area contributed by atoms with Crippen molar-refractivity contribution in [2.45, 2.75) is 6.42 Å². The van der Waals surface area contributed by atoms with Gasteiger partial charge in [-0.1, -0.05) is 22.0 Å². The van der Waals surface area contributed by atoms with E-state index in [0.29, 0.717) is 24.3 Å². The molecule has 0 bridgehead atoms. The molecule has 0 radical (unpaired) electrons. The maximum absolute atomic E-state index is 13.9. The number of benzene rings is 2. The second-order valence-electron chi connectivity index (χ2n) is 4.84. The van der Waals surface area contributed by atoms with Gasteiger partial charge >= 0.3 is 0 Å². The molecule has 0 spiro atoms. The quantitative estimate of drug-likeness (QED) is 0.798. The van der Waals surface area contributed by atoms with Gasteiger partial charge in [-0.15, -0.1) is 0 Å². The smallest absolute Gasteiger partial charge is 0.264 e. The number of nitrogens with zero attached hydrogens (tertiary/aromatic N) is 1. The van der Waals surface area contributed by atoms with Crippen LogP contribution in [0.25, 0.3) is 0 Å². The second kappa shape index (κ2) is 5.11. The van der Waals surface area contributed by atoms with Crippen LogP contribution in [0.3, 0.4) is 0 Å². The molecule has 21 heavy (non-hydrogen) atoms. The molecule has 1 aliphatic rings. The van der Waals surface area contributed by atoms with E-state index in [1.54, 1.807) is 12.1 Å². The van der Waals surface area contributed by atoms with Crippen molar-refractivity contribution < 1.29 is 13.6 Å². The fourth-order valence-electron chi connectivity index (χ4n) is 2.49.